The summed E-state index contributed by atoms with van der Waals surface area (Å²) in [6.45, 7) is 2.87. The maximum absolute atomic E-state index is 5.50. The van der Waals surface area contributed by atoms with E-state index in [4.69, 9.17) is 22.7 Å². The van der Waals surface area contributed by atoms with Gasteiger partial charge in [0.05, 0.1) is 12.1 Å². The zero-order valence-electron chi connectivity index (χ0n) is 9.14. The normalized spacial score (nSPS) is 24.3. The third kappa shape index (κ3) is 2.48. The van der Waals surface area contributed by atoms with Crippen LogP contribution in [0.4, 0.5) is 5.82 Å². The van der Waals surface area contributed by atoms with Crippen LogP contribution in [-0.2, 0) is 4.74 Å². The fourth-order valence-electron chi connectivity index (χ4n) is 1.74. The lowest BCUT2D eigenvalue weighted by molar-refractivity contribution is 0.121. The van der Waals surface area contributed by atoms with Crippen molar-refractivity contribution < 1.29 is 4.74 Å². The van der Waals surface area contributed by atoms with Crippen molar-refractivity contribution in [3.05, 3.63) is 23.9 Å². The van der Waals surface area contributed by atoms with Crippen LogP contribution in [0.2, 0.25) is 0 Å². The molecule has 1 aliphatic heterocycles. The second kappa shape index (κ2) is 4.76. The molecule has 0 aliphatic carbocycles. The molecule has 0 bridgehead atoms. The minimum Gasteiger partial charge on any atom is -0.389 e. The van der Waals surface area contributed by atoms with E-state index in [1.54, 1.807) is 6.20 Å². The minimum atomic E-state index is 0.233. The fourth-order valence-corrected chi connectivity index (χ4v) is 1.86. The van der Waals surface area contributed by atoms with Gasteiger partial charge < -0.3 is 15.8 Å². The molecule has 5 heteroatoms. The minimum absolute atomic E-state index is 0.233. The molecule has 2 heterocycles. The molecule has 1 aliphatic rings. The van der Waals surface area contributed by atoms with Crippen molar-refractivity contribution in [2.75, 3.05) is 11.9 Å². The van der Waals surface area contributed by atoms with Crippen molar-refractivity contribution in [1.29, 1.82) is 0 Å². The van der Waals surface area contributed by atoms with Crippen molar-refractivity contribution in [2.24, 2.45) is 5.73 Å². The molecule has 2 rings (SSSR count). The first-order valence-corrected chi connectivity index (χ1v) is 5.71. The van der Waals surface area contributed by atoms with Gasteiger partial charge >= 0.3 is 0 Å². The average molecular weight is 237 g/mol. The molecule has 1 aromatic heterocycles. The van der Waals surface area contributed by atoms with E-state index in [2.05, 4.69) is 17.2 Å². The van der Waals surface area contributed by atoms with Crippen molar-refractivity contribution >= 4 is 23.0 Å². The summed E-state index contributed by atoms with van der Waals surface area (Å²) >= 11 is 4.86. The second-order valence-corrected chi connectivity index (χ2v) is 4.35. The molecule has 0 aromatic carbocycles. The Kier molecular flexibility index (Phi) is 3.36. The summed E-state index contributed by atoms with van der Waals surface area (Å²) in [5.74, 6) is 0.836. The van der Waals surface area contributed by atoms with Gasteiger partial charge in [0.15, 0.2) is 0 Å². The molecule has 2 atom stereocenters. The van der Waals surface area contributed by atoms with Gasteiger partial charge in [0.2, 0.25) is 0 Å². The van der Waals surface area contributed by atoms with Gasteiger partial charge in [-0.05, 0) is 25.5 Å². The van der Waals surface area contributed by atoms with E-state index in [1.807, 2.05) is 12.1 Å². The van der Waals surface area contributed by atoms with Crippen LogP contribution in [0.5, 0.6) is 0 Å². The summed E-state index contributed by atoms with van der Waals surface area (Å²) < 4.78 is 5.47. The Morgan fingerprint density at radius 3 is 2.94 bits per heavy atom. The lowest BCUT2D eigenvalue weighted by Crippen LogP contribution is -2.27. The maximum atomic E-state index is 5.50. The molecule has 1 aromatic rings. The Bertz CT molecular complexity index is 379. The van der Waals surface area contributed by atoms with E-state index >= 15 is 0 Å². The van der Waals surface area contributed by atoms with Crippen LogP contribution < -0.4 is 11.1 Å². The molecular weight excluding hydrogens is 222 g/mol. The number of rotatable bonds is 3. The number of ether oxygens (including phenoxy) is 1. The quantitative estimate of drug-likeness (QED) is 0.776. The van der Waals surface area contributed by atoms with Gasteiger partial charge in [-0.3, -0.25) is 0 Å². The van der Waals surface area contributed by atoms with Gasteiger partial charge in [0, 0.05) is 18.4 Å². The van der Waals surface area contributed by atoms with Gasteiger partial charge in [0.1, 0.15) is 10.8 Å². The Morgan fingerprint density at radius 1 is 1.62 bits per heavy atom. The highest BCUT2D eigenvalue weighted by atomic mass is 32.1. The van der Waals surface area contributed by atoms with Gasteiger partial charge in [-0.15, -0.1) is 0 Å². The summed E-state index contributed by atoms with van der Waals surface area (Å²) in [6.07, 6.45) is 2.93. The number of thiocarbonyl (C=S) groups is 1. The van der Waals surface area contributed by atoms with E-state index in [0.29, 0.717) is 11.0 Å². The summed E-state index contributed by atoms with van der Waals surface area (Å²) in [6, 6.07) is 4.10. The van der Waals surface area contributed by atoms with Crippen LogP contribution >= 0.6 is 12.2 Å². The number of pyridine rings is 1. The lowest BCUT2D eigenvalue weighted by atomic mass is 10.1. The third-order valence-corrected chi connectivity index (χ3v) is 2.99. The smallest absolute Gasteiger partial charge is 0.126 e. The number of nitrogens with two attached hydrogens (primary N) is 1. The predicted molar refractivity (Wildman–Crippen MR) is 67.6 cm³/mol. The van der Waals surface area contributed by atoms with Crippen LogP contribution in [0.25, 0.3) is 0 Å². The van der Waals surface area contributed by atoms with E-state index in [0.717, 1.165) is 24.4 Å². The number of aromatic nitrogens is 1. The van der Waals surface area contributed by atoms with Crippen molar-refractivity contribution in [3.63, 3.8) is 0 Å². The van der Waals surface area contributed by atoms with Crippen molar-refractivity contribution in [2.45, 2.75) is 25.5 Å². The van der Waals surface area contributed by atoms with Gasteiger partial charge in [0.25, 0.3) is 0 Å². The van der Waals surface area contributed by atoms with E-state index in [9.17, 15) is 0 Å². The first kappa shape index (κ1) is 11.3. The molecule has 16 heavy (non-hydrogen) atoms. The first-order valence-electron chi connectivity index (χ1n) is 5.31. The van der Waals surface area contributed by atoms with Crippen LogP contribution in [0.15, 0.2) is 18.3 Å². The number of hydrogen-bond donors (Lipinski definition) is 2. The standard InChI is InChI=1S/C11H15N3OS/c1-7-9(4-5-15-7)14-10-3-2-8(6-13-10)11(12)16/h2-3,6-7,9H,4-5H2,1H3,(H2,12,16)(H,13,14). The van der Waals surface area contributed by atoms with Crippen LogP contribution in [0, 0.1) is 0 Å². The number of anilines is 1. The molecular formula is C11H15N3OS. The third-order valence-electron chi connectivity index (χ3n) is 2.76. The van der Waals surface area contributed by atoms with Crippen molar-refractivity contribution in [1.82, 2.24) is 4.98 Å². The topological polar surface area (TPSA) is 60.2 Å². The maximum Gasteiger partial charge on any atom is 0.126 e. The molecule has 2 unspecified atom stereocenters. The van der Waals surface area contributed by atoms with E-state index in [-0.39, 0.29) is 6.10 Å². The lowest BCUT2D eigenvalue weighted by Gasteiger charge is -2.16. The molecule has 0 radical (unpaired) electrons. The second-order valence-electron chi connectivity index (χ2n) is 3.91. The monoisotopic (exact) mass is 237 g/mol. The largest absolute Gasteiger partial charge is 0.389 e. The van der Waals surface area contributed by atoms with Gasteiger partial charge in [-0.25, -0.2) is 4.98 Å². The fraction of sp³-hybridized carbons (Fsp3) is 0.455. The Labute approximate surface area is 100 Å². The molecule has 0 saturated carbocycles. The molecule has 1 saturated heterocycles. The van der Waals surface area contributed by atoms with Crippen LogP contribution in [0.3, 0.4) is 0 Å². The predicted octanol–water partition coefficient (Wildman–Crippen LogP) is 1.31. The number of nitrogens with zero attached hydrogens (tertiary/aromatic N) is 1. The molecule has 3 N–H and O–H groups in total. The first-order chi connectivity index (χ1) is 7.66. The highest BCUT2D eigenvalue weighted by Gasteiger charge is 2.23. The highest BCUT2D eigenvalue weighted by Crippen LogP contribution is 2.17. The number of nitrogens with one attached hydrogen (secondary N) is 1. The number of hydrogen-bond acceptors (Lipinski definition) is 4. The van der Waals surface area contributed by atoms with Crippen LogP contribution in [-0.4, -0.2) is 28.7 Å². The average Bonchev–Trinajstić information content (AvgIpc) is 2.65. The summed E-state index contributed by atoms with van der Waals surface area (Å²) in [7, 11) is 0. The Morgan fingerprint density at radius 2 is 2.44 bits per heavy atom. The SMILES string of the molecule is CC1OCCC1Nc1ccc(C(N)=S)cn1. The highest BCUT2D eigenvalue weighted by molar-refractivity contribution is 7.80. The summed E-state index contributed by atoms with van der Waals surface area (Å²) in [5, 5.41) is 3.34. The molecule has 0 spiro atoms. The van der Waals surface area contributed by atoms with Gasteiger partial charge in [-0.1, -0.05) is 12.2 Å². The Hall–Kier alpha value is -1.20. The zero-order valence-corrected chi connectivity index (χ0v) is 9.96. The van der Waals surface area contributed by atoms with Crippen molar-refractivity contribution in [3.8, 4) is 0 Å². The molecule has 86 valence electrons. The summed E-state index contributed by atoms with van der Waals surface area (Å²) in [4.78, 5) is 4.64. The summed E-state index contributed by atoms with van der Waals surface area (Å²) in [5.41, 5.74) is 6.29. The Balaban J connectivity index is 2.02. The van der Waals surface area contributed by atoms with E-state index in [1.165, 1.54) is 0 Å². The molecule has 1 fully saturated rings. The molecule has 4 nitrogen and oxygen atoms in total. The van der Waals surface area contributed by atoms with Crippen LogP contribution in [0.1, 0.15) is 18.9 Å². The van der Waals surface area contributed by atoms with Gasteiger partial charge in [-0.2, -0.15) is 0 Å². The zero-order chi connectivity index (χ0) is 11.5. The molecule has 0 amide bonds. The van der Waals surface area contributed by atoms with E-state index < -0.39 is 0 Å².